The molecule has 2 fully saturated rings. The van der Waals surface area contributed by atoms with Crippen LogP contribution >= 0.6 is 11.6 Å². The average Bonchev–Trinajstić information content (AvgIpc) is 3.34. The van der Waals surface area contributed by atoms with Gasteiger partial charge in [-0.2, -0.15) is 20.2 Å². The van der Waals surface area contributed by atoms with Crippen molar-refractivity contribution in [1.29, 1.82) is 5.26 Å². The first kappa shape index (κ1) is 25.5. The Labute approximate surface area is 232 Å². The van der Waals surface area contributed by atoms with Gasteiger partial charge in [0.1, 0.15) is 6.07 Å². The van der Waals surface area contributed by atoms with Gasteiger partial charge in [-0.3, -0.25) is 0 Å². The summed E-state index contributed by atoms with van der Waals surface area (Å²) in [6.45, 7) is 4.92. The van der Waals surface area contributed by atoms with Gasteiger partial charge in [-0.15, -0.1) is 0 Å². The van der Waals surface area contributed by atoms with E-state index in [-0.39, 0.29) is 17.7 Å². The molecular weight excluding hydrogens is 514 g/mol. The lowest BCUT2D eigenvalue weighted by Crippen LogP contribution is -2.41. The molecule has 0 radical (unpaired) electrons. The molecule has 1 atom stereocenters. The van der Waals surface area contributed by atoms with Gasteiger partial charge >= 0.3 is 0 Å². The molecular formula is C29H30ClN7O2. The highest BCUT2D eigenvalue weighted by Gasteiger charge is 2.32. The van der Waals surface area contributed by atoms with E-state index in [4.69, 9.17) is 26.1 Å². The standard InChI is InChI=1S/C29H30ClN7O2/c1-19-7-9-20(10-8-19)17-37-26-27(33-24(15-31)34-28(26)39-25-12-11-22(30)16-32-25)35-29(37)36-13-14-38-18-23(36)21-5-3-2-4-6-21/h2-6,11-12,16,19-20,23H,7-10,13-14,17-18H2,1H3/t19?,20?,23-/m0/s1. The highest BCUT2D eigenvalue weighted by molar-refractivity contribution is 6.30. The number of benzene rings is 1. The second kappa shape index (κ2) is 11.2. The lowest BCUT2D eigenvalue weighted by molar-refractivity contribution is 0.0927. The van der Waals surface area contributed by atoms with Crippen LogP contribution in [-0.2, 0) is 11.3 Å². The molecule has 200 valence electrons. The summed E-state index contributed by atoms with van der Waals surface area (Å²) in [7, 11) is 0. The minimum atomic E-state index is -0.00686. The Hall–Kier alpha value is -3.74. The van der Waals surface area contributed by atoms with Crippen LogP contribution in [0.15, 0.2) is 48.7 Å². The molecule has 6 rings (SSSR count). The minimum Gasteiger partial charge on any atom is -0.418 e. The first-order valence-corrected chi connectivity index (χ1v) is 13.8. The average molecular weight is 544 g/mol. The molecule has 4 aromatic rings. The summed E-state index contributed by atoms with van der Waals surface area (Å²) < 4.78 is 14.3. The number of anilines is 1. The number of hydrogen-bond acceptors (Lipinski definition) is 8. The van der Waals surface area contributed by atoms with Crippen molar-refractivity contribution in [2.45, 2.75) is 45.2 Å². The summed E-state index contributed by atoms with van der Waals surface area (Å²) >= 11 is 6.04. The molecule has 0 spiro atoms. The molecule has 0 unspecified atom stereocenters. The molecule has 0 bridgehead atoms. The Balaban J connectivity index is 1.49. The van der Waals surface area contributed by atoms with Gasteiger partial charge in [0.05, 0.1) is 24.3 Å². The minimum absolute atomic E-state index is 0.00394. The van der Waals surface area contributed by atoms with Crippen molar-refractivity contribution in [2.75, 3.05) is 24.7 Å². The SMILES string of the molecule is CC1CCC(Cn2c(N3CCOC[C@H]3c3ccccc3)nc3nc(C#N)nc(Oc4ccc(Cl)cn4)c32)CC1. The van der Waals surface area contributed by atoms with Gasteiger partial charge in [0, 0.05) is 25.4 Å². The number of pyridine rings is 1. The lowest BCUT2D eigenvalue weighted by Gasteiger charge is -2.37. The van der Waals surface area contributed by atoms with E-state index >= 15 is 0 Å². The Morgan fingerprint density at radius 3 is 2.64 bits per heavy atom. The zero-order valence-corrected chi connectivity index (χ0v) is 22.6. The van der Waals surface area contributed by atoms with Gasteiger partial charge in [-0.05, 0) is 36.3 Å². The molecule has 3 aromatic heterocycles. The molecule has 2 aliphatic rings. The molecule has 1 aromatic carbocycles. The molecule has 1 aliphatic heterocycles. The van der Waals surface area contributed by atoms with Gasteiger partial charge in [0.25, 0.3) is 5.88 Å². The number of rotatable bonds is 6. The quantitative estimate of drug-likeness (QED) is 0.294. The van der Waals surface area contributed by atoms with E-state index in [1.807, 2.05) is 18.2 Å². The summed E-state index contributed by atoms with van der Waals surface area (Å²) in [5.74, 6) is 2.62. The Morgan fingerprint density at radius 1 is 1.08 bits per heavy atom. The van der Waals surface area contributed by atoms with Crippen LogP contribution in [0.2, 0.25) is 5.02 Å². The van der Waals surface area contributed by atoms with Crippen molar-refractivity contribution >= 4 is 28.7 Å². The van der Waals surface area contributed by atoms with E-state index in [1.54, 1.807) is 12.1 Å². The number of aromatic nitrogens is 5. The summed E-state index contributed by atoms with van der Waals surface area (Å²) in [4.78, 5) is 20.6. The summed E-state index contributed by atoms with van der Waals surface area (Å²) in [6, 6.07) is 15.8. The molecule has 1 aliphatic carbocycles. The maximum atomic E-state index is 9.70. The van der Waals surface area contributed by atoms with E-state index in [1.165, 1.54) is 19.0 Å². The van der Waals surface area contributed by atoms with Crippen molar-refractivity contribution in [3.8, 4) is 17.8 Å². The van der Waals surface area contributed by atoms with Crippen molar-refractivity contribution in [3.63, 3.8) is 0 Å². The van der Waals surface area contributed by atoms with Gasteiger partial charge in [-0.1, -0.05) is 61.7 Å². The van der Waals surface area contributed by atoms with Crippen LogP contribution in [0.3, 0.4) is 0 Å². The molecule has 10 heteroatoms. The van der Waals surface area contributed by atoms with E-state index in [9.17, 15) is 5.26 Å². The molecule has 4 heterocycles. The maximum absolute atomic E-state index is 9.70. The predicted molar refractivity (Wildman–Crippen MR) is 148 cm³/mol. The number of ether oxygens (including phenoxy) is 2. The number of nitriles is 1. The van der Waals surface area contributed by atoms with Crippen molar-refractivity contribution < 1.29 is 9.47 Å². The number of morpholine rings is 1. The third-order valence-corrected chi connectivity index (χ3v) is 7.92. The highest BCUT2D eigenvalue weighted by atomic mass is 35.5. The lowest BCUT2D eigenvalue weighted by atomic mass is 9.83. The number of nitrogens with zero attached hydrogens (tertiary/aromatic N) is 7. The highest BCUT2D eigenvalue weighted by Crippen LogP contribution is 2.38. The van der Waals surface area contributed by atoms with E-state index in [2.05, 4.69) is 49.5 Å². The van der Waals surface area contributed by atoms with Crippen LogP contribution in [0.5, 0.6) is 11.8 Å². The Kier molecular flexibility index (Phi) is 7.31. The van der Waals surface area contributed by atoms with Gasteiger partial charge < -0.3 is 18.9 Å². The molecule has 1 saturated heterocycles. The van der Waals surface area contributed by atoms with Gasteiger partial charge in [0.15, 0.2) is 11.2 Å². The van der Waals surface area contributed by atoms with E-state index in [0.717, 1.165) is 36.8 Å². The molecule has 9 nitrogen and oxygen atoms in total. The first-order valence-electron chi connectivity index (χ1n) is 13.5. The molecule has 39 heavy (non-hydrogen) atoms. The predicted octanol–water partition coefficient (Wildman–Crippen LogP) is 5.94. The topological polar surface area (TPSA) is 102 Å². The Bertz CT molecular complexity index is 1480. The number of halogens is 1. The zero-order valence-electron chi connectivity index (χ0n) is 21.8. The van der Waals surface area contributed by atoms with Crippen molar-refractivity contribution in [3.05, 3.63) is 65.1 Å². The summed E-state index contributed by atoms with van der Waals surface area (Å²) in [5.41, 5.74) is 2.26. The summed E-state index contributed by atoms with van der Waals surface area (Å²) in [5, 5.41) is 10.2. The third-order valence-electron chi connectivity index (χ3n) is 7.70. The second-order valence-electron chi connectivity index (χ2n) is 10.4. The fourth-order valence-corrected chi connectivity index (χ4v) is 5.70. The van der Waals surface area contributed by atoms with Crippen LogP contribution in [0.25, 0.3) is 11.2 Å². The fraction of sp³-hybridized carbons (Fsp3) is 0.414. The third kappa shape index (κ3) is 5.40. The fourth-order valence-electron chi connectivity index (χ4n) is 5.59. The van der Waals surface area contributed by atoms with Crippen LogP contribution in [0.4, 0.5) is 5.95 Å². The van der Waals surface area contributed by atoms with Crippen molar-refractivity contribution in [2.24, 2.45) is 11.8 Å². The van der Waals surface area contributed by atoms with Gasteiger partial charge in [-0.25, -0.2) is 4.98 Å². The van der Waals surface area contributed by atoms with Crippen LogP contribution in [0, 0.1) is 23.2 Å². The van der Waals surface area contributed by atoms with Crippen LogP contribution in [0.1, 0.15) is 50.0 Å². The number of imidazole rings is 1. The Morgan fingerprint density at radius 2 is 1.90 bits per heavy atom. The molecule has 1 saturated carbocycles. The van der Waals surface area contributed by atoms with Gasteiger partial charge in [0.2, 0.25) is 17.7 Å². The number of hydrogen-bond donors (Lipinski definition) is 0. The maximum Gasteiger partial charge on any atom is 0.251 e. The second-order valence-corrected chi connectivity index (χ2v) is 10.8. The first-order chi connectivity index (χ1) is 19.1. The number of fused-ring (bicyclic) bond motifs is 1. The monoisotopic (exact) mass is 543 g/mol. The zero-order chi connectivity index (χ0) is 26.8. The molecule has 0 amide bonds. The van der Waals surface area contributed by atoms with Crippen LogP contribution < -0.4 is 9.64 Å². The van der Waals surface area contributed by atoms with Crippen LogP contribution in [-0.4, -0.2) is 44.3 Å². The summed E-state index contributed by atoms with van der Waals surface area (Å²) in [6.07, 6.45) is 6.24. The molecule has 0 N–H and O–H groups in total. The van der Waals surface area contributed by atoms with Crippen molar-refractivity contribution in [1.82, 2.24) is 24.5 Å². The smallest absolute Gasteiger partial charge is 0.251 e. The largest absolute Gasteiger partial charge is 0.418 e. The van der Waals surface area contributed by atoms with E-state index < -0.39 is 0 Å². The normalized spacial score (nSPS) is 21.6. The van der Waals surface area contributed by atoms with E-state index in [0.29, 0.717) is 47.7 Å².